The first-order chi connectivity index (χ1) is 13.1. The topological polar surface area (TPSA) is 72.9 Å². The van der Waals surface area contributed by atoms with Crippen LogP contribution in [0.2, 0.25) is 0 Å². The lowest BCUT2D eigenvalue weighted by atomic mass is 10.1. The van der Waals surface area contributed by atoms with Gasteiger partial charge in [0.2, 0.25) is 5.91 Å². The first-order valence-corrected chi connectivity index (χ1v) is 10.9. The van der Waals surface area contributed by atoms with Crippen molar-refractivity contribution in [3.8, 4) is 0 Å². The van der Waals surface area contributed by atoms with Crippen molar-refractivity contribution in [3.05, 3.63) is 11.1 Å². The monoisotopic (exact) mass is 520 g/mol. The third kappa shape index (κ3) is 6.20. The van der Waals surface area contributed by atoms with E-state index < -0.39 is 0 Å². The molecule has 9 heteroatoms. The maximum Gasteiger partial charge on any atom is 0.225 e. The number of anilines is 1. The average molecular weight is 520 g/mol. The molecule has 1 aliphatic heterocycles. The van der Waals surface area contributed by atoms with Gasteiger partial charge in [0, 0.05) is 51.1 Å². The Labute approximate surface area is 189 Å². The number of aliphatic imine (C=N–C) groups is 1. The minimum absolute atomic E-state index is 0. The van der Waals surface area contributed by atoms with Gasteiger partial charge in [0.15, 0.2) is 11.1 Å². The Hall–Kier alpha value is -1.10. The summed E-state index contributed by atoms with van der Waals surface area (Å²) in [5.41, 5.74) is 0.977. The Morgan fingerprint density at radius 2 is 2.11 bits per heavy atom. The van der Waals surface area contributed by atoms with E-state index in [1.807, 2.05) is 23.9 Å². The zero-order valence-electron chi connectivity index (χ0n) is 17.1. The van der Waals surface area contributed by atoms with Crippen LogP contribution in [0.25, 0.3) is 0 Å². The molecule has 0 bridgehead atoms. The number of carbonyl (C=O) groups excluding carboxylic acids is 1. The smallest absolute Gasteiger partial charge is 0.225 e. The number of amides is 1. The fourth-order valence-electron chi connectivity index (χ4n) is 3.76. The molecule has 2 heterocycles. The lowest BCUT2D eigenvalue weighted by molar-refractivity contribution is -0.134. The van der Waals surface area contributed by atoms with E-state index in [1.165, 1.54) is 12.8 Å². The molecular formula is C19H33IN6OS. The van der Waals surface area contributed by atoms with Crippen molar-refractivity contribution in [2.45, 2.75) is 51.6 Å². The molecule has 1 aliphatic carbocycles. The van der Waals surface area contributed by atoms with Gasteiger partial charge in [-0.25, -0.2) is 9.98 Å². The zero-order valence-corrected chi connectivity index (χ0v) is 20.3. The number of halogens is 1. The van der Waals surface area contributed by atoms with E-state index in [0.717, 1.165) is 55.7 Å². The maximum absolute atomic E-state index is 12.6. The van der Waals surface area contributed by atoms with Gasteiger partial charge in [-0.15, -0.1) is 35.3 Å². The Balaban J connectivity index is 0.00000280. The Kier molecular flexibility index (Phi) is 9.26. The first-order valence-electron chi connectivity index (χ1n) is 10.0. The Bertz CT molecular complexity index is 659. The number of guanidine groups is 1. The van der Waals surface area contributed by atoms with E-state index in [-0.39, 0.29) is 35.9 Å². The number of nitrogens with one attached hydrogen (secondary N) is 2. The van der Waals surface area contributed by atoms with E-state index in [0.29, 0.717) is 12.5 Å². The highest BCUT2D eigenvalue weighted by Gasteiger charge is 2.32. The Morgan fingerprint density at radius 3 is 2.75 bits per heavy atom. The zero-order chi connectivity index (χ0) is 19.2. The summed E-state index contributed by atoms with van der Waals surface area (Å²) in [6, 6.07) is 0.265. The molecule has 1 amide bonds. The fraction of sp³-hybridized carbons (Fsp3) is 0.737. The second-order valence-corrected chi connectivity index (χ2v) is 8.44. The van der Waals surface area contributed by atoms with Crippen LogP contribution in [0.5, 0.6) is 0 Å². The van der Waals surface area contributed by atoms with E-state index in [9.17, 15) is 4.79 Å². The van der Waals surface area contributed by atoms with Gasteiger partial charge < -0.3 is 20.4 Å². The summed E-state index contributed by atoms with van der Waals surface area (Å²) in [7, 11) is 3.99. The van der Waals surface area contributed by atoms with E-state index in [4.69, 9.17) is 0 Å². The molecule has 0 radical (unpaired) electrons. The quantitative estimate of drug-likeness (QED) is 0.343. The lowest BCUT2D eigenvalue weighted by Crippen LogP contribution is -2.45. The predicted molar refractivity (Wildman–Crippen MR) is 127 cm³/mol. The molecule has 0 aromatic carbocycles. The van der Waals surface area contributed by atoms with Gasteiger partial charge in [-0.3, -0.25) is 4.79 Å². The predicted octanol–water partition coefficient (Wildman–Crippen LogP) is 2.67. The van der Waals surface area contributed by atoms with Gasteiger partial charge >= 0.3 is 0 Å². The minimum Gasteiger partial charge on any atom is -0.357 e. The summed E-state index contributed by atoms with van der Waals surface area (Å²) < 4.78 is 0. The summed E-state index contributed by atoms with van der Waals surface area (Å²) in [5, 5.41) is 9.86. The number of hydrogen-bond acceptors (Lipinski definition) is 5. The molecule has 1 aromatic rings. The van der Waals surface area contributed by atoms with Gasteiger partial charge in [-0.1, -0.05) is 12.8 Å². The highest BCUT2D eigenvalue weighted by atomic mass is 127. The van der Waals surface area contributed by atoms with Gasteiger partial charge in [0.05, 0.1) is 12.2 Å². The normalized spacial score (nSPS) is 20.2. The first kappa shape index (κ1) is 23.2. The molecule has 3 rings (SSSR count). The number of thiazole rings is 1. The average Bonchev–Trinajstić information content (AvgIpc) is 3.40. The molecule has 1 saturated carbocycles. The van der Waals surface area contributed by atoms with Gasteiger partial charge in [0.1, 0.15) is 0 Å². The van der Waals surface area contributed by atoms with Crippen molar-refractivity contribution in [2.24, 2.45) is 10.9 Å². The number of hydrogen-bond donors (Lipinski definition) is 2. The molecule has 2 fully saturated rings. The number of aromatic nitrogens is 1. The fourth-order valence-corrected chi connectivity index (χ4v) is 4.51. The van der Waals surface area contributed by atoms with Crippen LogP contribution in [0.4, 0.5) is 5.13 Å². The maximum atomic E-state index is 12.6. The van der Waals surface area contributed by atoms with Gasteiger partial charge in [0.25, 0.3) is 0 Å². The van der Waals surface area contributed by atoms with Crippen molar-refractivity contribution >= 4 is 52.3 Å². The van der Waals surface area contributed by atoms with Crippen LogP contribution in [-0.2, 0) is 11.3 Å². The molecule has 2 N–H and O–H groups in total. The standard InChI is InChI=1S/C19H32N6OS.HI/c1-4-20-18(21-11-16-13-27-19(23-16)24(2)3)22-15-9-10-25(12-15)17(26)14-7-5-6-8-14;/h13-15H,4-12H2,1-3H3,(H2,20,21,22);1H. The van der Waals surface area contributed by atoms with Crippen molar-refractivity contribution in [3.63, 3.8) is 0 Å². The van der Waals surface area contributed by atoms with Crippen LogP contribution in [-0.4, -0.2) is 61.5 Å². The molecule has 0 spiro atoms. The number of likely N-dealkylation sites (tertiary alicyclic amines) is 1. The van der Waals surface area contributed by atoms with Gasteiger partial charge in [-0.2, -0.15) is 0 Å². The molecule has 1 saturated heterocycles. The highest BCUT2D eigenvalue weighted by Crippen LogP contribution is 2.27. The minimum atomic E-state index is 0. The van der Waals surface area contributed by atoms with Crippen LogP contribution < -0.4 is 15.5 Å². The Morgan fingerprint density at radius 1 is 1.36 bits per heavy atom. The molecule has 1 atom stereocenters. The van der Waals surface area contributed by atoms with Gasteiger partial charge in [-0.05, 0) is 26.2 Å². The van der Waals surface area contributed by atoms with Crippen molar-refractivity contribution in [1.29, 1.82) is 0 Å². The van der Waals surface area contributed by atoms with Crippen LogP contribution in [0.15, 0.2) is 10.4 Å². The summed E-state index contributed by atoms with van der Waals surface area (Å²) >= 11 is 1.63. The number of rotatable bonds is 6. The molecule has 7 nitrogen and oxygen atoms in total. The van der Waals surface area contributed by atoms with Crippen molar-refractivity contribution in [2.75, 3.05) is 38.6 Å². The lowest BCUT2D eigenvalue weighted by Gasteiger charge is -2.21. The van der Waals surface area contributed by atoms with Crippen molar-refractivity contribution in [1.82, 2.24) is 20.5 Å². The second-order valence-electron chi connectivity index (χ2n) is 7.61. The summed E-state index contributed by atoms with van der Waals surface area (Å²) in [4.78, 5) is 25.9. The van der Waals surface area contributed by atoms with Crippen LogP contribution in [0, 0.1) is 5.92 Å². The van der Waals surface area contributed by atoms with Crippen LogP contribution >= 0.6 is 35.3 Å². The molecule has 1 unspecified atom stereocenters. The summed E-state index contributed by atoms with van der Waals surface area (Å²) in [6.07, 6.45) is 5.52. The van der Waals surface area contributed by atoms with Crippen LogP contribution in [0.1, 0.15) is 44.7 Å². The summed E-state index contributed by atoms with van der Waals surface area (Å²) in [6.45, 7) is 5.06. The van der Waals surface area contributed by atoms with E-state index in [2.05, 4.69) is 32.9 Å². The third-order valence-electron chi connectivity index (χ3n) is 5.21. The van der Waals surface area contributed by atoms with Crippen molar-refractivity contribution < 1.29 is 4.79 Å². The molecule has 158 valence electrons. The third-order valence-corrected chi connectivity index (χ3v) is 6.27. The molecule has 28 heavy (non-hydrogen) atoms. The number of nitrogens with zero attached hydrogens (tertiary/aromatic N) is 4. The SMILES string of the molecule is CCNC(=NCc1csc(N(C)C)n1)NC1CCN(C(=O)C2CCCC2)C1.I. The summed E-state index contributed by atoms with van der Waals surface area (Å²) in [5.74, 6) is 1.43. The largest absolute Gasteiger partial charge is 0.357 e. The molecule has 2 aliphatic rings. The van der Waals surface area contributed by atoms with E-state index in [1.54, 1.807) is 11.3 Å². The molecular weight excluding hydrogens is 487 g/mol. The van der Waals surface area contributed by atoms with Crippen LogP contribution in [0.3, 0.4) is 0 Å². The highest BCUT2D eigenvalue weighted by molar-refractivity contribution is 14.0. The number of carbonyl (C=O) groups is 1. The molecule has 1 aromatic heterocycles. The second kappa shape index (κ2) is 11.2. The van der Waals surface area contributed by atoms with E-state index >= 15 is 0 Å².